The summed E-state index contributed by atoms with van der Waals surface area (Å²) in [6.45, 7) is 4.82. The third kappa shape index (κ3) is 9.38. The number of alkyl carbamates (subject to hydrolysis) is 1. The Morgan fingerprint density at radius 3 is 1.53 bits per heavy atom. The number of hydrogen-bond acceptors (Lipinski definition) is 7. The molecule has 4 N–H and O–H groups in total. The Balaban J connectivity index is 1.28. The molecule has 2 atom stereocenters. The molecule has 0 unspecified atom stereocenters. The van der Waals surface area contributed by atoms with Crippen LogP contribution in [0.3, 0.4) is 0 Å². The molecule has 292 valence electrons. The molecule has 0 fully saturated rings. The van der Waals surface area contributed by atoms with Gasteiger partial charge in [-0.1, -0.05) is 140 Å². The molecule has 11 heteroatoms. The van der Waals surface area contributed by atoms with Gasteiger partial charge in [-0.25, -0.2) is 9.59 Å². The van der Waals surface area contributed by atoms with Crippen molar-refractivity contribution in [1.29, 1.82) is 0 Å². The molecule has 1 aliphatic carbocycles. The lowest BCUT2D eigenvalue weighted by molar-refractivity contribution is -0.158. The van der Waals surface area contributed by atoms with Crippen LogP contribution in [0.25, 0.3) is 11.1 Å². The molecule has 0 radical (unpaired) electrons. The van der Waals surface area contributed by atoms with Crippen molar-refractivity contribution in [3.05, 3.63) is 167 Å². The van der Waals surface area contributed by atoms with Gasteiger partial charge in [-0.05, 0) is 59.7 Å². The van der Waals surface area contributed by atoms with E-state index in [4.69, 9.17) is 9.47 Å². The fourth-order valence-corrected chi connectivity index (χ4v) is 7.24. The van der Waals surface area contributed by atoms with Crippen LogP contribution in [0, 0.1) is 0 Å². The summed E-state index contributed by atoms with van der Waals surface area (Å²) >= 11 is 0. The van der Waals surface area contributed by atoms with Gasteiger partial charge in [0.05, 0.1) is 12.8 Å². The van der Waals surface area contributed by atoms with Crippen molar-refractivity contribution >= 4 is 29.8 Å². The smallest absolute Gasteiger partial charge is 0.407 e. The number of carboxylic acid groups (broad SMARTS) is 1. The lowest BCUT2D eigenvalue weighted by Gasteiger charge is -2.37. The first kappa shape index (κ1) is 39.9. The van der Waals surface area contributed by atoms with Crippen LogP contribution < -0.4 is 16.0 Å². The van der Waals surface area contributed by atoms with Crippen LogP contribution in [0.4, 0.5) is 4.79 Å². The highest BCUT2D eigenvalue weighted by molar-refractivity contribution is 5.94. The van der Waals surface area contributed by atoms with Gasteiger partial charge in [-0.3, -0.25) is 14.4 Å². The van der Waals surface area contributed by atoms with E-state index in [9.17, 15) is 29.1 Å². The van der Waals surface area contributed by atoms with E-state index in [-0.39, 0.29) is 12.5 Å². The molecule has 5 aromatic carbocycles. The van der Waals surface area contributed by atoms with E-state index in [1.54, 1.807) is 20.8 Å². The summed E-state index contributed by atoms with van der Waals surface area (Å²) < 4.78 is 11.0. The minimum atomic E-state index is -1.72. The van der Waals surface area contributed by atoms with Crippen LogP contribution in [0.5, 0.6) is 0 Å². The zero-order valence-corrected chi connectivity index (χ0v) is 31.9. The van der Waals surface area contributed by atoms with Gasteiger partial charge in [0, 0.05) is 5.92 Å². The number of nitrogens with one attached hydrogen (secondary N) is 3. The highest BCUT2D eigenvalue weighted by atomic mass is 16.6. The molecule has 6 rings (SSSR count). The van der Waals surface area contributed by atoms with E-state index in [1.165, 1.54) is 0 Å². The standard InChI is InChI=1S/C46H45N3O8/c1-45(2,3)57-41(51)28-39(43(53)54)47-42(52)38(48-44(55)56-29-37-35-25-15-13-23-33(35)34-24-14-16-26-36(34)37)27-40(50)49-46(30-17-7-4-8-18-30,31-19-9-5-10-20-31)32-21-11-6-12-22-32/h4-26,37-39H,27-29H2,1-3H3,(H,47,52)(H,48,55)(H,49,50)(H,53,54)/t38-,39-/m0/s1. The predicted molar refractivity (Wildman–Crippen MR) is 214 cm³/mol. The van der Waals surface area contributed by atoms with E-state index < -0.39 is 65.9 Å². The monoisotopic (exact) mass is 767 g/mol. The molecule has 0 saturated carbocycles. The van der Waals surface area contributed by atoms with Crippen LogP contribution in [0.2, 0.25) is 0 Å². The Bertz CT molecular complexity index is 2080. The number of carbonyl (C=O) groups excluding carboxylic acids is 4. The fraction of sp³-hybridized carbons (Fsp3) is 0.239. The molecule has 57 heavy (non-hydrogen) atoms. The highest BCUT2D eigenvalue weighted by Crippen LogP contribution is 2.44. The van der Waals surface area contributed by atoms with E-state index in [0.717, 1.165) is 38.9 Å². The topological polar surface area (TPSA) is 160 Å². The first-order valence-electron chi connectivity index (χ1n) is 18.7. The van der Waals surface area contributed by atoms with E-state index in [2.05, 4.69) is 16.0 Å². The molecule has 1 aliphatic rings. The summed E-state index contributed by atoms with van der Waals surface area (Å²) in [6.07, 6.45) is -2.31. The van der Waals surface area contributed by atoms with Crippen molar-refractivity contribution in [1.82, 2.24) is 16.0 Å². The maximum atomic E-state index is 14.4. The molecule has 0 spiro atoms. The summed E-state index contributed by atoms with van der Waals surface area (Å²) in [5, 5.41) is 18.0. The lowest BCUT2D eigenvalue weighted by Crippen LogP contribution is -2.55. The number of esters is 1. The first-order valence-corrected chi connectivity index (χ1v) is 18.7. The van der Waals surface area contributed by atoms with Crippen LogP contribution in [-0.2, 0) is 34.2 Å². The molecule has 11 nitrogen and oxygen atoms in total. The summed E-state index contributed by atoms with van der Waals surface area (Å²) in [4.78, 5) is 66.9. The quantitative estimate of drug-likeness (QED) is 0.0719. The van der Waals surface area contributed by atoms with Crippen molar-refractivity contribution in [3.8, 4) is 11.1 Å². The van der Waals surface area contributed by atoms with Gasteiger partial charge in [0.2, 0.25) is 11.8 Å². The molecular formula is C46H45N3O8. The zero-order chi connectivity index (χ0) is 40.6. The number of benzene rings is 5. The number of carboxylic acids is 1. The number of fused-ring (bicyclic) bond motifs is 3. The second kappa shape index (κ2) is 17.4. The van der Waals surface area contributed by atoms with Crippen molar-refractivity contribution in [2.45, 2.75) is 62.8 Å². The average molecular weight is 768 g/mol. The van der Waals surface area contributed by atoms with Crippen molar-refractivity contribution < 1.29 is 38.6 Å². The second-order valence-corrected chi connectivity index (χ2v) is 14.8. The Kier molecular flexibility index (Phi) is 12.2. The number of rotatable bonds is 14. The lowest BCUT2D eigenvalue weighted by atomic mass is 9.77. The Morgan fingerprint density at radius 2 is 1.07 bits per heavy atom. The van der Waals surface area contributed by atoms with Gasteiger partial charge in [0.15, 0.2) is 0 Å². The minimum absolute atomic E-state index is 0.0735. The second-order valence-electron chi connectivity index (χ2n) is 14.8. The van der Waals surface area contributed by atoms with Gasteiger partial charge in [0.25, 0.3) is 0 Å². The largest absolute Gasteiger partial charge is 0.480 e. The molecule has 0 aromatic heterocycles. The van der Waals surface area contributed by atoms with Crippen molar-refractivity contribution in [2.75, 3.05) is 6.61 Å². The van der Waals surface area contributed by atoms with Gasteiger partial charge in [0.1, 0.15) is 29.8 Å². The molecule has 0 heterocycles. The molecule has 5 aromatic rings. The number of hydrogen-bond donors (Lipinski definition) is 4. The summed E-state index contributed by atoms with van der Waals surface area (Å²) in [5.41, 5.74) is 4.04. The highest BCUT2D eigenvalue weighted by Gasteiger charge is 2.40. The molecule has 0 bridgehead atoms. The predicted octanol–water partition coefficient (Wildman–Crippen LogP) is 6.69. The Labute approximate surface area is 331 Å². The molecular weight excluding hydrogens is 723 g/mol. The summed E-state index contributed by atoms with van der Waals surface area (Å²) in [6, 6.07) is 40.3. The van der Waals surface area contributed by atoms with Gasteiger partial charge < -0.3 is 30.5 Å². The van der Waals surface area contributed by atoms with Crippen LogP contribution in [0.15, 0.2) is 140 Å². The third-order valence-corrected chi connectivity index (χ3v) is 9.69. The maximum Gasteiger partial charge on any atom is 0.407 e. The number of amides is 3. The van der Waals surface area contributed by atoms with Crippen LogP contribution in [0.1, 0.15) is 67.3 Å². The fourth-order valence-electron chi connectivity index (χ4n) is 7.24. The van der Waals surface area contributed by atoms with Gasteiger partial charge >= 0.3 is 18.0 Å². The van der Waals surface area contributed by atoms with E-state index in [1.807, 2.05) is 140 Å². The SMILES string of the molecule is CC(C)(C)OC(=O)C[C@H](NC(=O)[C@H](CC(=O)NC(c1ccccc1)(c1ccccc1)c1ccccc1)NC(=O)OCC1c2ccccc2-c2ccccc21)C(=O)O. The summed E-state index contributed by atoms with van der Waals surface area (Å²) in [7, 11) is 0. The number of aliphatic carboxylic acids is 1. The molecule has 0 aliphatic heterocycles. The Morgan fingerprint density at radius 1 is 0.614 bits per heavy atom. The van der Waals surface area contributed by atoms with Crippen LogP contribution in [-0.4, -0.2) is 59.2 Å². The molecule has 3 amide bonds. The normalized spacial score (nSPS) is 13.2. The van der Waals surface area contributed by atoms with E-state index in [0.29, 0.717) is 0 Å². The Hall–Kier alpha value is -6.75. The minimum Gasteiger partial charge on any atom is -0.480 e. The van der Waals surface area contributed by atoms with Gasteiger partial charge in [-0.15, -0.1) is 0 Å². The first-order chi connectivity index (χ1) is 27.4. The number of ether oxygens (including phenoxy) is 2. The maximum absolute atomic E-state index is 14.4. The summed E-state index contributed by atoms with van der Waals surface area (Å²) in [5.74, 6) is -4.31. The zero-order valence-electron chi connectivity index (χ0n) is 31.9. The van der Waals surface area contributed by atoms with Crippen molar-refractivity contribution in [3.63, 3.8) is 0 Å². The van der Waals surface area contributed by atoms with E-state index >= 15 is 0 Å². The number of carbonyl (C=O) groups is 5. The molecule has 0 saturated heterocycles. The van der Waals surface area contributed by atoms with Crippen LogP contribution >= 0.6 is 0 Å². The third-order valence-electron chi connectivity index (χ3n) is 9.69. The average Bonchev–Trinajstić information content (AvgIpc) is 3.52. The van der Waals surface area contributed by atoms with Crippen molar-refractivity contribution in [2.24, 2.45) is 0 Å². The van der Waals surface area contributed by atoms with Gasteiger partial charge in [-0.2, -0.15) is 0 Å².